The highest BCUT2D eigenvalue weighted by molar-refractivity contribution is 6.22. The predicted octanol–water partition coefficient (Wildman–Crippen LogP) is 3.20. The number of carbonyl (C=O) groups is 3. The molecule has 2 aliphatic rings. The zero-order valence-electron chi connectivity index (χ0n) is 14.1. The van der Waals surface area contributed by atoms with Crippen LogP contribution in [0.2, 0.25) is 0 Å². The Morgan fingerprint density at radius 3 is 2.77 bits per heavy atom. The summed E-state index contributed by atoms with van der Waals surface area (Å²) in [5.74, 6) is -1.36. The van der Waals surface area contributed by atoms with Gasteiger partial charge < -0.3 is 9.15 Å². The van der Waals surface area contributed by atoms with Crippen LogP contribution in [-0.4, -0.2) is 17.8 Å². The molecule has 0 unspecified atom stereocenters. The molecule has 1 aromatic heterocycles. The summed E-state index contributed by atoms with van der Waals surface area (Å²) in [6.45, 7) is 1.95. The van der Waals surface area contributed by atoms with Gasteiger partial charge in [-0.05, 0) is 36.6 Å². The quantitative estimate of drug-likeness (QED) is 0.367. The molecule has 3 atom stereocenters. The Bertz CT molecular complexity index is 899. The number of imide groups is 1. The van der Waals surface area contributed by atoms with Crippen LogP contribution >= 0.6 is 0 Å². The molecule has 6 nitrogen and oxygen atoms in total. The third kappa shape index (κ3) is 2.63. The fraction of sp³-hybridized carbons (Fsp3) is 0.250. The second-order valence-corrected chi connectivity index (χ2v) is 6.53. The zero-order chi connectivity index (χ0) is 18.3. The molecule has 132 valence electrons. The number of carbonyl (C=O) groups excluding carboxylic acids is 3. The molecule has 0 bridgehead atoms. The maximum absolute atomic E-state index is 12.8. The number of rotatable bonds is 3. The minimum atomic E-state index is -0.641. The Labute approximate surface area is 150 Å². The molecule has 0 N–H and O–H groups in total. The molecule has 1 aliphatic heterocycles. The van der Waals surface area contributed by atoms with E-state index in [1.165, 1.54) is 23.3 Å². The highest BCUT2D eigenvalue weighted by Crippen LogP contribution is 2.40. The molecular weight excluding hydrogens is 334 g/mol. The average Bonchev–Trinajstić information content (AvgIpc) is 3.24. The van der Waals surface area contributed by atoms with Crippen molar-refractivity contribution in [3.63, 3.8) is 0 Å². The number of ether oxygens (including phenoxy) is 1. The molecule has 2 amide bonds. The summed E-state index contributed by atoms with van der Waals surface area (Å²) >= 11 is 0. The maximum Gasteiger partial charge on any atom is 0.379 e. The minimum absolute atomic E-state index is 0.0233. The van der Waals surface area contributed by atoms with Crippen LogP contribution in [0.3, 0.4) is 0 Å². The molecule has 4 rings (SSSR count). The lowest BCUT2D eigenvalue weighted by Crippen LogP contribution is -2.31. The number of nitrogens with zero attached hydrogens (tertiary/aromatic N) is 1. The lowest BCUT2D eigenvalue weighted by molar-refractivity contribution is -0.122. The van der Waals surface area contributed by atoms with Gasteiger partial charge in [0, 0.05) is 6.07 Å². The van der Waals surface area contributed by atoms with Gasteiger partial charge in [-0.25, -0.2) is 9.69 Å². The van der Waals surface area contributed by atoms with Gasteiger partial charge in [-0.3, -0.25) is 9.59 Å². The fourth-order valence-corrected chi connectivity index (χ4v) is 3.64. The molecule has 2 heterocycles. The highest BCUT2D eigenvalue weighted by Gasteiger charge is 2.50. The minimum Gasteiger partial charge on any atom is -0.457 e. The van der Waals surface area contributed by atoms with Crippen molar-refractivity contribution >= 4 is 23.5 Å². The highest BCUT2D eigenvalue weighted by atomic mass is 16.5. The lowest BCUT2D eigenvalue weighted by atomic mass is 9.78. The maximum atomic E-state index is 12.8. The first-order chi connectivity index (χ1) is 12.6. The summed E-state index contributed by atoms with van der Waals surface area (Å²) in [5, 5.41) is 0. The number of furan rings is 1. The number of hydrogen-bond donors (Lipinski definition) is 0. The van der Waals surface area contributed by atoms with Crippen LogP contribution in [0.4, 0.5) is 5.69 Å². The molecule has 2 aromatic rings. The number of esters is 1. The van der Waals surface area contributed by atoms with E-state index in [2.05, 4.69) is 0 Å². The van der Waals surface area contributed by atoms with E-state index in [-0.39, 0.29) is 41.1 Å². The van der Waals surface area contributed by atoms with Crippen LogP contribution in [0.25, 0.3) is 0 Å². The van der Waals surface area contributed by atoms with Crippen LogP contribution in [0.5, 0.6) is 5.75 Å². The molecular formula is C20H17NO5. The van der Waals surface area contributed by atoms with Crippen molar-refractivity contribution in [2.24, 2.45) is 17.8 Å². The molecule has 0 spiro atoms. The predicted molar refractivity (Wildman–Crippen MR) is 92.5 cm³/mol. The van der Waals surface area contributed by atoms with Crippen molar-refractivity contribution in [1.29, 1.82) is 0 Å². The molecule has 1 aromatic carbocycles. The van der Waals surface area contributed by atoms with Gasteiger partial charge in [-0.15, -0.1) is 0 Å². The molecule has 1 saturated heterocycles. The third-order valence-corrected chi connectivity index (χ3v) is 4.88. The smallest absolute Gasteiger partial charge is 0.379 e. The van der Waals surface area contributed by atoms with Crippen molar-refractivity contribution in [3.05, 3.63) is 60.6 Å². The van der Waals surface area contributed by atoms with E-state index in [0.717, 1.165) is 0 Å². The molecule has 0 radical (unpaired) electrons. The van der Waals surface area contributed by atoms with Gasteiger partial charge in [0.15, 0.2) is 0 Å². The van der Waals surface area contributed by atoms with E-state index in [0.29, 0.717) is 12.1 Å². The number of fused-ring (bicyclic) bond motifs is 1. The summed E-state index contributed by atoms with van der Waals surface area (Å²) < 4.78 is 10.3. The van der Waals surface area contributed by atoms with Crippen molar-refractivity contribution in [2.45, 2.75) is 13.3 Å². The first-order valence-corrected chi connectivity index (χ1v) is 8.46. The molecule has 0 saturated carbocycles. The standard InChI is InChI=1S/C20H17NO5/c1-12-5-2-8-15-17(12)19(23)21(18(15)22)13-6-3-7-14(11-13)26-20(24)16-9-4-10-25-16/h2-7,9-12,15,17H,8H2,1H3/t12-,15+,17+/m1/s1. The second kappa shape index (κ2) is 6.29. The van der Waals surface area contributed by atoms with Gasteiger partial charge in [0.1, 0.15) is 5.75 Å². The number of amides is 2. The van der Waals surface area contributed by atoms with Crippen molar-refractivity contribution in [3.8, 4) is 5.75 Å². The van der Waals surface area contributed by atoms with E-state index in [9.17, 15) is 14.4 Å². The average molecular weight is 351 g/mol. The Balaban J connectivity index is 1.60. The number of benzene rings is 1. The first-order valence-electron chi connectivity index (χ1n) is 8.46. The summed E-state index contributed by atoms with van der Waals surface area (Å²) in [4.78, 5) is 38.8. The number of anilines is 1. The lowest BCUT2D eigenvalue weighted by Gasteiger charge is -2.22. The molecule has 6 heteroatoms. The SMILES string of the molecule is C[C@@H]1C=CC[C@@H]2C(=O)N(c3cccc(OC(=O)c4ccco4)c3)C(=O)[C@@H]12. The van der Waals surface area contributed by atoms with Gasteiger partial charge in [-0.1, -0.05) is 25.1 Å². The van der Waals surface area contributed by atoms with Gasteiger partial charge in [0.2, 0.25) is 17.6 Å². The largest absolute Gasteiger partial charge is 0.457 e. The summed E-state index contributed by atoms with van der Waals surface area (Å²) in [5.41, 5.74) is 0.409. The van der Waals surface area contributed by atoms with Gasteiger partial charge in [-0.2, -0.15) is 0 Å². The van der Waals surface area contributed by atoms with Crippen LogP contribution in [0.15, 0.2) is 59.2 Å². The topological polar surface area (TPSA) is 76.8 Å². The van der Waals surface area contributed by atoms with Gasteiger partial charge in [0.25, 0.3) is 0 Å². The van der Waals surface area contributed by atoms with Crippen molar-refractivity contribution < 1.29 is 23.5 Å². The normalized spacial score (nSPS) is 24.7. The monoisotopic (exact) mass is 351 g/mol. The van der Waals surface area contributed by atoms with E-state index in [1.54, 1.807) is 24.3 Å². The second-order valence-electron chi connectivity index (χ2n) is 6.53. The van der Waals surface area contributed by atoms with Crippen molar-refractivity contribution in [2.75, 3.05) is 4.90 Å². The summed E-state index contributed by atoms with van der Waals surface area (Å²) in [6.07, 6.45) is 5.90. The summed E-state index contributed by atoms with van der Waals surface area (Å²) in [6, 6.07) is 9.50. The molecule has 1 aliphatic carbocycles. The van der Waals surface area contributed by atoms with Crippen LogP contribution in [0.1, 0.15) is 23.9 Å². The van der Waals surface area contributed by atoms with Crippen LogP contribution in [-0.2, 0) is 9.59 Å². The molecule has 1 fully saturated rings. The molecule has 26 heavy (non-hydrogen) atoms. The number of hydrogen-bond acceptors (Lipinski definition) is 5. The van der Waals surface area contributed by atoms with Gasteiger partial charge >= 0.3 is 5.97 Å². The van der Waals surface area contributed by atoms with Crippen molar-refractivity contribution in [1.82, 2.24) is 0 Å². The Morgan fingerprint density at radius 2 is 2.04 bits per heavy atom. The van der Waals surface area contributed by atoms with E-state index < -0.39 is 5.97 Å². The van der Waals surface area contributed by atoms with Crippen LogP contribution < -0.4 is 9.64 Å². The van der Waals surface area contributed by atoms with E-state index in [1.807, 2.05) is 19.1 Å². The Hall–Kier alpha value is -3.15. The summed E-state index contributed by atoms with van der Waals surface area (Å²) in [7, 11) is 0. The fourth-order valence-electron chi connectivity index (χ4n) is 3.64. The van der Waals surface area contributed by atoms with E-state index in [4.69, 9.17) is 9.15 Å². The first kappa shape index (κ1) is 16.3. The third-order valence-electron chi connectivity index (χ3n) is 4.88. The Kier molecular flexibility index (Phi) is 3.95. The number of allylic oxidation sites excluding steroid dienone is 2. The zero-order valence-corrected chi connectivity index (χ0v) is 14.1. The Morgan fingerprint density at radius 1 is 1.19 bits per heavy atom. The van der Waals surface area contributed by atoms with Crippen LogP contribution in [0, 0.1) is 17.8 Å². The van der Waals surface area contributed by atoms with Gasteiger partial charge in [0.05, 0.1) is 23.8 Å². The van der Waals surface area contributed by atoms with E-state index >= 15 is 0 Å².